The Bertz CT molecular complexity index is 1250. The van der Waals surface area contributed by atoms with Crippen molar-refractivity contribution in [2.24, 2.45) is 0 Å². The molecule has 0 spiro atoms. The van der Waals surface area contributed by atoms with Crippen LogP contribution in [0.15, 0.2) is 53.1 Å². The Balaban J connectivity index is 1.75. The summed E-state index contributed by atoms with van der Waals surface area (Å²) in [6.45, 7) is 4.56. The third-order valence-corrected chi connectivity index (χ3v) is 5.45. The largest absolute Gasteiger partial charge is 0.491 e. The van der Waals surface area contributed by atoms with Gasteiger partial charge >= 0.3 is 5.97 Å². The molecule has 7 nitrogen and oxygen atoms in total. The molecule has 4 aromatic rings. The molecule has 152 valence electrons. The van der Waals surface area contributed by atoms with E-state index in [4.69, 9.17) is 0 Å². The standard InChI is InChI=1S/C22H19BrN4O3/c1-12(2)20-24-17-18(21(28)26-25-19(17)23)27(20)11-13-7-9-14(10-8-13)15-5-3-4-6-16(15)22(29)30/h3-10,12H,11H2,1-2H3,(H,26,28)(H,29,30). The number of carbonyl (C=O) groups is 1. The molecule has 0 saturated carbocycles. The van der Waals surface area contributed by atoms with Crippen molar-refractivity contribution in [3.8, 4) is 17.0 Å². The second-order valence-electron chi connectivity index (χ2n) is 7.27. The number of rotatable bonds is 5. The summed E-state index contributed by atoms with van der Waals surface area (Å²) in [6.07, 6.45) is 0. The lowest BCUT2D eigenvalue weighted by Gasteiger charge is -2.13. The highest BCUT2D eigenvalue weighted by molar-refractivity contribution is 9.10. The average molecular weight is 467 g/mol. The second-order valence-corrected chi connectivity index (χ2v) is 8.02. The number of nitrogens with zero attached hydrogens (tertiary/aromatic N) is 4. The quantitative estimate of drug-likeness (QED) is 0.436. The zero-order chi connectivity index (χ0) is 21.4. The van der Waals surface area contributed by atoms with Gasteiger partial charge in [0, 0.05) is 12.5 Å². The molecule has 0 saturated heterocycles. The van der Waals surface area contributed by atoms with Crippen LogP contribution in [0, 0.1) is 0 Å². The van der Waals surface area contributed by atoms with E-state index in [1.165, 1.54) is 0 Å². The van der Waals surface area contributed by atoms with E-state index in [-0.39, 0.29) is 17.4 Å². The minimum atomic E-state index is -0.955. The van der Waals surface area contributed by atoms with Crippen LogP contribution in [0.25, 0.3) is 22.2 Å². The normalized spacial score (nSPS) is 11.3. The van der Waals surface area contributed by atoms with Crippen LogP contribution in [-0.4, -0.2) is 35.9 Å². The van der Waals surface area contributed by atoms with Crippen LogP contribution >= 0.6 is 15.9 Å². The van der Waals surface area contributed by atoms with Crippen molar-refractivity contribution in [1.82, 2.24) is 19.7 Å². The molecule has 0 aliphatic carbocycles. The summed E-state index contributed by atoms with van der Waals surface area (Å²) in [5.74, 6) is -0.176. The molecule has 0 bridgehead atoms. The Morgan fingerprint density at radius 2 is 1.80 bits per heavy atom. The van der Waals surface area contributed by atoms with Gasteiger partial charge in [-0.1, -0.05) is 56.3 Å². The highest BCUT2D eigenvalue weighted by atomic mass is 79.9. The SMILES string of the molecule is CC(C)c1nc2c(Br)nnc(O)c2n1Cc1ccc(-c2ccccc2C(=O)O)cc1. The molecule has 2 N–H and O–H groups in total. The molecule has 0 amide bonds. The summed E-state index contributed by atoms with van der Waals surface area (Å²) in [6, 6.07) is 14.6. The average Bonchev–Trinajstić information content (AvgIpc) is 3.12. The summed E-state index contributed by atoms with van der Waals surface area (Å²) < 4.78 is 2.42. The molecule has 0 fully saturated rings. The summed E-state index contributed by atoms with van der Waals surface area (Å²) in [5, 5.41) is 27.4. The van der Waals surface area contributed by atoms with Crippen molar-refractivity contribution in [3.05, 3.63) is 70.1 Å². The minimum Gasteiger partial charge on any atom is -0.491 e. The molecule has 8 heteroatoms. The van der Waals surface area contributed by atoms with E-state index in [1.807, 2.05) is 48.7 Å². The number of fused-ring (bicyclic) bond motifs is 1. The summed E-state index contributed by atoms with van der Waals surface area (Å²) in [4.78, 5) is 16.2. The van der Waals surface area contributed by atoms with Gasteiger partial charge in [-0.15, -0.1) is 10.2 Å². The highest BCUT2D eigenvalue weighted by Crippen LogP contribution is 2.31. The van der Waals surface area contributed by atoms with Gasteiger partial charge in [0.1, 0.15) is 16.9 Å². The maximum absolute atomic E-state index is 11.5. The van der Waals surface area contributed by atoms with Gasteiger partial charge in [0.15, 0.2) is 4.60 Å². The lowest BCUT2D eigenvalue weighted by molar-refractivity contribution is 0.0697. The number of carboxylic acid groups (broad SMARTS) is 1. The first-order valence-electron chi connectivity index (χ1n) is 9.39. The van der Waals surface area contributed by atoms with E-state index in [1.54, 1.807) is 18.2 Å². The van der Waals surface area contributed by atoms with Crippen LogP contribution in [0.5, 0.6) is 5.88 Å². The highest BCUT2D eigenvalue weighted by Gasteiger charge is 2.20. The summed E-state index contributed by atoms with van der Waals surface area (Å²) >= 11 is 3.36. The lowest BCUT2D eigenvalue weighted by Crippen LogP contribution is -2.07. The molecule has 0 radical (unpaired) electrons. The van der Waals surface area contributed by atoms with Crippen molar-refractivity contribution >= 4 is 32.9 Å². The lowest BCUT2D eigenvalue weighted by atomic mass is 9.98. The Morgan fingerprint density at radius 1 is 1.10 bits per heavy atom. The first kappa shape index (κ1) is 20.0. The number of hydrogen-bond donors (Lipinski definition) is 2. The van der Waals surface area contributed by atoms with Crippen molar-refractivity contribution < 1.29 is 15.0 Å². The van der Waals surface area contributed by atoms with Gasteiger partial charge in [-0.3, -0.25) is 0 Å². The molecule has 2 aromatic heterocycles. The first-order chi connectivity index (χ1) is 14.4. The van der Waals surface area contributed by atoms with Crippen LogP contribution in [-0.2, 0) is 6.54 Å². The summed E-state index contributed by atoms with van der Waals surface area (Å²) in [5.41, 5.74) is 3.84. The number of benzene rings is 2. The van der Waals surface area contributed by atoms with Crippen molar-refractivity contribution in [3.63, 3.8) is 0 Å². The maximum Gasteiger partial charge on any atom is 0.336 e. The minimum absolute atomic E-state index is 0.130. The van der Waals surface area contributed by atoms with Crippen molar-refractivity contribution in [2.75, 3.05) is 0 Å². The Morgan fingerprint density at radius 3 is 2.47 bits per heavy atom. The van der Waals surface area contributed by atoms with Gasteiger partial charge in [0.05, 0.1) is 5.56 Å². The van der Waals surface area contributed by atoms with Crippen LogP contribution in [0.2, 0.25) is 0 Å². The zero-order valence-corrected chi connectivity index (χ0v) is 18.0. The Hall–Kier alpha value is -3.26. The molecule has 0 unspecified atom stereocenters. The number of hydrogen-bond acceptors (Lipinski definition) is 5. The topological polar surface area (TPSA) is 101 Å². The third-order valence-electron chi connectivity index (χ3n) is 4.92. The van der Waals surface area contributed by atoms with E-state index in [0.29, 0.717) is 27.7 Å². The summed E-state index contributed by atoms with van der Waals surface area (Å²) in [7, 11) is 0. The van der Waals surface area contributed by atoms with Crippen molar-refractivity contribution in [1.29, 1.82) is 0 Å². The van der Waals surface area contributed by atoms with E-state index in [0.717, 1.165) is 17.0 Å². The number of carboxylic acids is 1. The third kappa shape index (κ3) is 3.54. The van der Waals surface area contributed by atoms with Crippen molar-refractivity contribution in [2.45, 2.75) is 26.3 Å². The molecular formula is C22H19BrN4O3. The first-order valence-corrected chi connectivity index (χ1v) is 10.2. The zero-order valence-electron chi connectivity index (χ0n) is 16.4. The molecule has 30 heavy (non-hydrogen) atoms. The number of aromatic carboxylic acids is 1. The molecule has 0 aliphatic heterocycles. The maximum atomic E-state index is 11.5. The molecule has 2 aromatic carbocycles. The number of aromatic nitrogens is 4. The van der Waals surface area contributed by atoms with Crippen LogP contribution < -0.4 is 0 Å². The number of imidazole rings is 1. The van der Waals surface area contributed by atoms with Gasteiger partial charge in [-0.25, -0.2) is 9.78 Å². The predicted octanol–water partition coefficient (Wildman–Crippen LogP) is 4.83. The molecule has 0 atom stereocenters. The second kappa shape index (κ2) is 7.87. The fourth-order valence-corrected chi connectivity index (χ4v) is 3.88. The number of halogens is 1. The monoisotopic (exact) mass is 466 g/mol. The molecule has 0 aliphatic rings. The Labute approximate surface area is 181 Å². The van der Waals surface area contributed by atoms with E-state index < -0.39 is 5.97 Å². The number of aromatic hydroxyl groups is 1. The molecule has 4 rings (SSSR count). The van der Waals surface area contributed by atoms with Gasteiger partial charge < -0.3 is 14.8 Å². The molecule has 2 heterocycles. The Kier molecular flexibility index (Phi) is 5.26. The van der Waals surface area contributed by atoms with Crippen LogP contribution in [0.1, 0.15) is 41.5 Å². The van der Waals surface area contributed by atoms with E-state index in [2.05, 4.69) is 31.1 Å². The van der Waals surface area contributed by atoms with Crippen LogP contribution in [0.3, 0.4) is 0 Å². The van der Waals surface area contributed by atoms with Gasteiger partial charge in [0.25, 0.3) is 5.88 Å². The van der Waals surface area contributed by atoms with E-state index in [9.17, 15) is 15.0 Å². The fraction of sp³-hybridized carbons (Fsp3) is 0.182. The van der Waals surface area contributed by atoms with Gasteiger partial charge in [-0.05, 0) is 38.7 Å². The smallest absolute Gasteiger partial charge is 0.336 e. The fourth-order valence-electron chi connectivity index (χ4n) is 3.52. The van der Waals surface area contributed by atoms with Gasteiger partial charge in [-0.2, -0.15) is 0 Å². The predicted molar refractivity (Wildman–Crippen MR) is 117 cm³/mol. The van der Waals surface area contributed by atoms with E-state index >= 15 is 0 Å². The molecular weight excluding hydrogens is 448 g/mol. The van der Waals surface area contributed by atoms with Crippen LogP contribution in [0.4, 0.5) is 0 Å². The van der Waals surface area contributed by atoms with Gasteiger partial charge in [0.2, 0.25) is 0 Å².